The Kier molecular flexibility index (Phi) is 3.68. The van der Waals surface area contributed by atoms with Crippen LogP contribution in [0.25, 0.3) is 10.4 Å². The average molecular weight is 356 g/mol. The van der Waals surface area contributed by atoms with E-state index in [1.807, 2.05) is 30.3 Å². The molecule has 2 saturated heterocycles. The molecule has 6 heteroatoms. The molecular weight excluding hydrogens is 336 g/mol. The van der Waals surface area contributed by atoms with Gasteiger partial charge < -0.3 is 19.7 Å². The number of thiophene rings is 1. The molecule has 130 valence electrons. The average Bonchev–Trinajstić information content (AvgIpc) is 3.37. The molecule has 2 fully saturated rings. The van der Waals surface area contributed by atoms with Gasteiger partial charge in [0.15, 0.2) is 11.5 Å². The third-order valence-corrected chi connectivity index (χ3v) is 6.47. The minimum Gasteiger partial charge on any atom is -0.486 e. The van der Waals surface area contributed by atoms with Crippen LogP contribution in [0.4, 0.5) is 0 Å². The number of ether oxygens (including phenoxy) is 2. The number of hydrogen-bond donors (Lipinski definition) is 1. The third kappa shape index (κ3) is 2.60. The Hall–Kier alpha value is -2.05. The Labute approximate surface area is 150 Å². The van der Waals surface area contributed by atoms with E-state index in [1.54, 1.807) is 11.3 Å². The van der Waals surface area contributed by atoms with Crippen molar-refractivity contribution in [2.45, 2.75) is 12.5 Å². The molecule has 25 heavy (non-hydrogen) atoms. The lowest BCUT2D eigenvalue weighted by molar-refractivity contribution is 0.0742. The molecule has 0 unspecified atom stereocenters. The molecule has 1 aromatic carbocycles. The van der Waals surface area contributed by atoms with Gasteiger partial charge in [-0.2, -0.15) is 0 Å². The van der Waals surface area contributed by atoms with Crippen LogP contribution in [-0.4, -0.2) is 49.7 Å². The lowest BCUT2D eigenvalue weighted by Gasteiger charge is -2.22. The zero-order valence-corrected chi connectivity index (χ0v) is 14.7. The van der Waals surface area contributed by atoms with E-state index in [0.29, 0.717) is 25.2 Å². The van der Waals surface area contributed by atoms with Crippen molar-refractivity contribution in [3.05, 3.63) is 35.2 Å². The van der Waals surface area contributed by atoms with Crippen molar-refractivity contribution >= 4 is 17.2 Å². The van der Waals surface area contributed by atoms with Crippen LogP contribution in [0.2, 0.25) is 0 Å². The van der Waals surface area contributed by atoms with Crippen molar-refractivity contribution in [3.8, 4) is 21.9 Å². The molecule has 0 radical (unpaired) electrons. The molecule has 5 rings (SSSR count). The van der Waals surface area contributed by atoms with Crippen molar-refractivity contribution in [1.82, 2.24) is 10.2 Å². The van der Waals surface area contributed by atoms with E-state index in [9.17, 15) is 4.79 Å². The SMILES string of the molecule is O=C(c1ccc(-c2ccc3c(c2)OCCO3)s1)N1CC[C@@H]2CNC[C@@H]21. The summed E-state index contributed by atoms with van der Waals surface area (Å²) in [4.78, 5) is 16.9. The fourth-order valence-electron chi connectivity index (χ4n) is 4.05. The highest BCUT2D eigenvalue weighted by Gasteiger charge is 2.40. The molecule has 2 atom stereocenters. The largest absolute Gasteiger partial charge is 0.486 e. The van der Waals surface area contributed by atoms with Crippen LogP contribution in [0.3, 0.4) is 0 Å². The summed E-state index contributed by atoms with van der Waals surface area (Å²) in [6, 6.07) is 10.3. The third-order valence-electron chi connectivity index (χ3n) is 5.35. The first-order valence-corrected chi connectivity index (χ1v) is 9.63. The molecular formula is C19H20N2O3S. The van der Waals surface area contributed by atoms with Gasteiger partial charge in [0.05, 0.1) is 4.88 Å². The van der Waals surface area contributed by atoms with Crippen molar-refractivity contribution < 1.29 is 14.3 Å². The number of amides is 1. The second-order valence-electron chi connectivity index (χ2n) is 6.80. The predicted molar refractivity (Wildman–Crippen MR) is 96.5 cm³/mol. The fourth-order valence-corrected chi connectivity index (χ4v) is 5.01. The number of hydrogen-bond acceptors (Lipinski definition) is 5. The maximum Gasteiger partial charge on any atom is 0.264 e. The Morgan fingerprint density at radius 1 is 1.12 bits per heavy atom. The molecule has 0 spiro atoms. The van der Waals surface area contributed by atoms with Crippen molar-refractivity contribution in [2.24, 2.45) is 5.92 Å². The molecule has 3 aliphatic heterocycles. The first kappa shape index (κ1) is 15.2. The van der Waals surface area contributed by atoms with Gasteiger partial charge in [0.2, 0.25) is 0 Å². The van der Waals surface area contributed by atoms with Gasteiger partial charge in [-0.1, -0.05) is 0 Å². The number of benzene rings is 1. The summed E-state index contributed by atoms with van der Waals surface area (Å²) in [7, 11) is 0. The second kappa shape index (κ2) is 6.04. The molecule has 1 N–H and O–H groups in total. The minimum absolute atomic E-state index is 0.171. The van der Waals surface area contributed by atoms with E-state index in [4.69, 9.17) is 9.47 Å². The number of nitrogens with zero attached hydrogens (tertiary/aromatic N) is 1. The number of likely N-dealkylation sites (tertiary alicyclic amines) is 1. The highest BCUT2D eigenvalue weighted by molar-refractivity contribution is 7.17. The van der Waals surface area contributed by atoms with Crippen LogP contribution in [0.1, 0.15) is 16.1 Å². The van der Waals surface area contributed by atoms with Gasteiger partial charge in [-0.15, -0.1) is 11.3 Å². The van der Waals surface area contributed by atoms with Crippen LogP contribution in [0, 0.1) is 5.92 Å². The Balaban J connectivity index is 1.39. The van der Waals surface area contributed by atoms with Gasteiger partial charge in [-0.25, -0.2) is 0 Å². The summed E-state index contributed by atoms with van der Waals surface area (Å²) in [6.45, 7) is 4.03. The van der Waals surface area contributed by atoms with Gasteiger partial charge in [0, 0.05) is 30.6 Å². The van der Waals surface area contributed by atoms with Crippen LogP contribution >= 0.6 is 11.3 Å². The first-order valence-electron chi connectivity index (χ1n) is 8.81. The van der Waals surface area contributed by atoms with Crippen LogP contribution in [0.5, 0.6) is 11.5 Å². The van der Waals surface area contributed by atoms with E-state index < -0.39 is 0 Å². The van der Waals surface area contributed by atoms with Crippen molar-refractivity contribution in [1.29, 1.82) is 0 Å². The van der Waals surface area contributed by atoms with E-state index in [1.165, 1.54) is 0 Å². The molecule has 3 aliphatic rings. The summed E-state index contributed by atoms with van der Waals surface area (Å²) in [5.41, 5.74) is 1.06. The van der Waals surface area contributed by atoms with Crippen molar-refractivity contribution in [3.63, 3.8) is 0 Å². The summed E-state index contributed by atoms with van der Waals surface area (Å²) < 4.78 is 11.2. The predicted octanol–water partition coefficient (Wildman–Crippen LogP) is 2.62. The van der Waals surface area contributed by atoms with Crippen LogP contribution in [-0.2, 0) is 0 Å². The normalized spacial score (nSPS) is 24.4. The standard InChI is InChI=1S/C19H20N2O3S/c22-19(21-6-5-13-10-20-11-14(13)21)18-4-3-17(25-18)12-1-2-15-16(9-12)24-8-7-23-15/h1-4,9,13-14,20H,5-8,10-11H2/t13-,14+/m1/s1. The quantitative estimate of drug-likeness (QED) is 0.899. The van der Waals surface area contributed by atoms with Gasteiger partial charge in [-0.05, 0) is 48.2 Å². The molecule has 0 bridgehead atoms. The molecule has 0 saturated carbocycles. The molecule has 1 aromatic heterocycles. The summed E-state index contributed by atoms with van der Waals surface area (Å²) in [5, 5.41) is 3.40. The van der Waals surface area contributed by atoms with Gasteiger partial charge in [0.25, 0.3) is 5.91 Å². The maximum absolute atomic E-state index is 12.9. The molecule has 2 aromatic rings. The number of rotatable bonds is 2. The van der Waals surface area contributed by atoms with E-state index >= 15 is 0 Å². The Morgan fingerprint density at radius 3 is 2.92 bits per heavy atom. The molecule has 5 nitrogen and oxygen atoms in total. The van der Waals surface area contributed by atoms with Gasteiger partial charge in [0.1, 0.15) is 13.2 Å². The van der Waals surface area contributed by atoms with Gasteiger partial charge in [-0.3, -0.25) is 4.79 Å². The Morgan fingerprint density at radius 2 is 2.00 bits per heavy atom. The monoisotopic (exact) mass is 356 g/mol. The lowest BCUT2D eigenvalue weighted by atomic mass is 10.1. The highest BCUT2D eigenvalue weighted by Crippen LogP contribution is 2.38. The minimum atomic E-state index is 0.171. The number of nitrogens with one attached hydrogen (secondary N) is 1. The fraction of sp³-hybridized carbons (Fsp3) is 0.421. The molecule has 0 aliphatic carbocycles. The summed E-state index contributed by atoms with van der Waals surface area (Å²) in [6.07, 6.45) is 1.11. The molecule has 1 amide bonds. The number of carbonyl (C=O) groups is 1. The van der Waals surface area contributed by atoms with Crippen LogP contribution < -0.4 is 14.8 Å². The smallest absolute Gasteiger partial charge is 0.264 e. The first-order chi connectivity index (χ1) is 12.3. The summed E-state index contributed by atoms with van der Waals surface area (Å²) in [5.74, 6) is 2.37. The van der Waals surface area contributed by atoms with E-state index in [0.717, 1.165) is 52.9 Å². The summed E-state index contributed by atoms with van der Waals surface area (Å²) >= 11 is 1.56. The maximum atomic E-state index is 12.9. The van der Waals surface area contributed by atoms with Gasteiger partial charge >= 0.3 is 0 Å². The van der Waals surface area contributed by atoms with E-state index in [2.05, 4.69) is 10.2 Å². The lowest BCUT2D eigenvalue weighted by Crippen LogP contribution is -2.38. The topological polar surface area (TPSA) is 50.8 Å². The van der Waals surface area contributed by atoms with Crippen molar-refractivity contribution in [2.75, 3.05) is 32.8 Å². The number of carbonyl (C=O) groups excluding carboxylic acids is 1. The second-order valence-corrected chi connectivity index (χ2v) is 7.88. The van der Waals surface area contributed by atoms with E-state index in [-0.39, 0.29) is 5.91 Å². The zero-order valence-electron chi connectivity index (χ0n) is 13.9. The molecule has 4 heterocycles. The van der Waals surface area contributed by atoms with Crippen LogP contribution in [0.15, 0.2) is 30.3 Å². The Bertz CT molecular complexity index is 819. The highest BCUT2D eigenvalue weighted by atomic mass is 32.1. The number of fused-ring (bicyclic) bond motifs is 2. The zero-order chi connectivity index (χ0) is 16.8.